The van der Waals surface area contributed by atoms with Crippen molar-refractivity contribution in [2.75, 3.05) is 11.9 Å². The molecule has 0 aromatic carbocycles. The summed E-state index contributed by atoms with van der Waals surface area (Å²) >= 11 is 0. The van der Waals surface area contributed by atoms with Crippen LogP contribution in [-0.4, -0.2) is 22.2 Å². The highest BCUT2D eigenvalue weighted by molar-refractivity contribution is 5.95. The number of carbonyl (C=O) groups excluding carboxylic acids is 1. The fraction of sp³-hybridized carbons (Fsp3) is 0.667. The Morgan fingerprint density at radius 3 is 2.71 bits per heavy atom. The molecule has 0 bridgehead atoms. The first kappa shape index (κ1) is 12.1. The fourth-order valence-corrected chi connectivity index (χ4v) is 2.55. The number of rotatable bonds is 3. The van der Waals surface area contributed by atoms with Crippen molar-refractivity contribution in [1.82, 2.24) is 9.78 Å². The normalized spacial score (nSPS) is 18.3. The second-order valence-corrected chi connectivity index (χ2v) is 4.94. The maximum Gasteiger partial charge on any atom is 0.233 e. The fourth-order valence-electron chi connectivity index (χ4n) is 2.55. The van der Waals surface area contributed by atoms with Gasteiger partial charge in [0.15, 0.2) is 0 Å². The molecule has 1 saturated carbocycles. The molecule has 1 fully saturated rings. The van der Waals surface area contributed by atoms with Crippen molar-refractivity contribution in [2.24, 2.45) is 18.2 Å². The van der Waals surface area contributed by atoms with Crippen LogP contribution >= 0.6 is 0 Å². The van der Waals surface area contributed by atoms with E-state index >= 15 is 0 Å². The minimum Gasteiger partial charge on any atom is -0.329 e. The van der Waals surface area contributed by atoms with Gasteiger partial charge in [0.2, 0.25) is 5.91 Å². The highest BCUT2D eigenvalue weighted by atomic mass is 16.2. The number of hydrogen-bond acceptors (Lipinski definition) is 3. The van der Waals surface area contributed by atoms with E-state index in [1.54, 1.807) is 4.68 Å². The summed E-state index contributed by atoms with van der Waals surface area (Å²) in [6, 6.07) is 1.87. The molecule has 3 N–H and O–H groups in total. The molecule has 0 atom stereocenters. The van der Waals surface area contributed by atoms with E-state index in [1.165, 1.54) is 0 Å². The molecule has 1 aromatic heterocycles. The molecule has 5 nitrogen and oxygen atoms in total. The molecule has 5 heteroatoms. The molecule has 1 aliphatic rings. The Labute approximate surface area is 101 Å². The SMILES string of the molecule is Cc1cc(NC(=O)C2(CN)CCCC2)n(C)n1. The van der Waals surface area contributed by atoms with Crippen LogP contribution in [0.15, 0.2) is 6.07 Å². The Kier molecular flexibility index (Phi) is 3.19. The summed E-state index contributed by atoms with van der Waals surface area (Å²) in [4.78, 5) is 12.3. The van der Waals surface area contributed by atoms with E-state index in [9.17, 15) is 4.79 Å². The summed E-state index contributed by atoms with van der Waals surface area (Å²) in [5.41, 5.74) is 6.32. The van der Waals surface area contributed by atoms with Gasteiger partial charge in [-0.1, -0.05) is 12.8 Å². The molecule has 0 saturated heterocycles. The van der Waals surface area contributed by atoms with E-state index in [1.807, 2.05) is 20.0 Å². The number of carbonyl (C=O) groups is 1. The van der Waals surface area contributed by atoms with Crippen molar-refractivity contribution < 1.29 is 4.79 Å². The van der Waals surface area contributed by atoms with Crippen molar-refractivity contribution in [2.45, 2.75) is 32.6 Å². The van der Waals surface area contributed by atoms with Crippen LogP contribution in [0.4, 0.5) is 5.82 Å². The summed E-state index contributed by atoms with van der Waals surface area (Å²) in [5, 5.41) is 7.16. The van der Waals surface area contributed by atoms with E-state index in [4.69, 9.17) is 5.73 Å². The van der Waals surface area contributed by atoms with E-state index < -0.39 is 0 Å². The van der Waals surface area contributed by atoms with Gasteiger partial charge >= 0.3 is 0 Å². The highest BCUT2D eigenvalue weighted by Crippen LogP contribution is 2.38. The van der Waals surface area contributed by atoms with E-state index in [2.05, 4.69) is 10.4 Å². The number of nitrogens with two attached hydrogens (primary N) is 1. The predicted molar refractivity (Wildman–Crippen MR) is 66.5 cm³/mol. The summed E-state index contributed by atoms with van der Waals surface area (Å²) in [6.45, 7) is 2.33. The van der Waals surface area contributed by atoms with Crippen LogP contribution in [0.2, 0.25) is 0 Å². The van der Waals surface area contributed by atoms with Crippen molar-refractivity contribution >= 4 is 11.7 Å². The van der Waals surface area contributed by atoms with Gasteiger partial charge in [0.05, 0.1) is 11.1 Å². The van der Waals surface area contributed by atoms with Crippen LogP contribution in [0.1, 0.15) is 31.4 Å². The molecule has 1 heterocycles. The van der Waals surface area contributed by atoms with E-state index in [0.29, 0.717) is 6.54 Å². The van der Waals surface area contributed by atoms with Gasteiger partial charge in [0, 0.05) is 19.7 Å². The molecule has 0 aliphatic heterocycles. The molecule has 1 aliphatic carbocycles. The predicted octanol–water partition coefficient (Wildman–Crippen LogP) is 1.19. The van der Waals surface area contributed by atoms with Crippen LogP contribution < -0.4 is 11.1 Å². The van der Waals surface area contributed by atoms with Gasteiger partial charge in [0.1, 0.15) is 5.82 Å². The number of anilines is 1. The zero-order chi connectivity index (χ0) is 12.5. The van der Waals surface area contributed by atoms with Crippen LogP contribution in [0.3, 0.4) is 0 Å². The average Bonchev–Trinajstić information content (AvgIpc) is 2.87. The van der Waals surface area contributed by atoms with Gasteiger partial charge in [-0.2, -0.15) is 5.10 Å². The van der Waals surface area contributed by atoms with Crippen molar-refractivity contribution in [1.29, 1.82) is 0 Å². The molecule has 1 aromatic rings. The van der Waals surface area contributed by atoms with Crippen molar-refractivity contribution in [3.63, 3.8) is 0 Å². The van der Waals surface area contributed by atoms with Crippen molar-refractivity contribution in [3.05, 3.63) is 11.8 Å². The molecular formula is C12H20N4O. The smallest absolute Gasteiger partial charge is 0.233 e. The molecule has 0 spiro atoms. The monoisotopic (exact) mass is 236 g/mol. The molecule has 94 valence electrons. The molecule has 0 radical (unpaired) electrons. The summed E-state index contributed by atoms with van der Waals surface area (Å²) in [6.07, 6.45) is 3.97. The molecule has 1 amide bonds. The lowest BCUT2D eigenvalue weighted by molar-refractivity contribution is -0.124. The quantitative estimate of drug-likeness (QED) is 0.828. The second-order valence-electron chi connectivity index (χ2n) is 4.94. The minimum atomic E-state index is -0.363. The number of hydrogen-bond donors (Lipinski definition) is 2. The van der Waals surface area contributed by atoms with Gasteiger partial charge in [-0.15, -0.1) is 0 Å². The lowest BCUT2D eigenvalue weighted by Gasteiger charge is -2.25. The number of amides is 1. The third-order valence-electron chi connectivity index (χ3n) is 3.68. The first-order chi connectivity index (χ1) is 8.07. The topological polar surface area (TPSA) is 72.9 Å². The summed E-state index contributed by atoms with van der Waals surface area (Å²) in [5.74, 6) is 0.785. The summed E-state index contributed by atoms with van der Waals surface area (Å²) < 4.78 is 1.69. The number of nitrogens with one attached hydrogen (secondary N) is 1. The molecule has 0 unspecified atom stereocenters. The van der Waals surface area contributed by atoms with Crippen LogP contribution in [0.5, 0.6) is 0 Å². The van der Waals surface area contributed by atoms with Crippen LogP contribution in [0, 0.1) is 12.3 Å². The average molecular weight is 236 g/mol. The largest absolute Gasteiger partial charge is 0.329 e. The van der Waals surface area contributed by atoms with E-state index in [0.717, 1.165) is 37.2 Å². The Morgan fingerprint density at radius 2 is 2.24 bits per heavy atom. The molecule has 17 heavy (non-hydrogen) atoms. The Bertz CT molecular complexity index is 418. The van der Waals surface area contributed by atoms with E-state index in [-0.39, 0.29) is 11.3 Å². The van der Waals surface area contributed by atoms with Gasteiger partial charge in [-0.3, -0.25) is 9.48 Å². The first-order valence-electron chi connectivity index (χ1n) is 6.09. The standard InChI is InChI=1S/C12H20N4O/c1-9-7-10(16(2)15-9)14-11(17)12(8-13)5-3-4-6-12/h7H,3-6,8,13H2,1-2H3,(H,14,17). The third-order valence-corrected chi connectivity index (χ3v) is 3.68. The third kappa shape index (κ3) is 2.20. The highest BCUT2D eigenvalue weighted by Gasteiger charge is 2.40. The molecular weight excluding hydrogens is 216 g/mol. The number of aromatic nitrogens is 2. The van der Waals surface area contributed by atoms with Crippen LogP contribution in [0.25, 0.3) is 0 Å². The Morgan fingerprint density at radius 1 is 1.59 bits per heavy atom. The lowest BCUT2D eigenvalue weighted by Crippen LogP contribution is -2.40. The number of aryl methyl sites for hydroxylation is 2. The van der Waals surface area contributed by atoms with Crippen LogP contribution in [-0.2, 0) is 11.8 Å². The zero-order valence-electron chi connectivity index (χ0n) is 10.5. The maximum atomic E-state index is 12.3. The van der Waals surface area contributed by atoms with Gasteiger partial charge < -0.3 is 11.1 Å². The second kappa shape index (κ2) is 4.49. The van der Waals surface area contributed by atoms with Gasteiger partial charge in [-0.05, 0) is 19.8 Å². The maximum absolute atomic E-state index is 12.3. The first-order valence-corrected chi connectivity index (χ1v) is 6.09. The Balaban J connectivity index is 2.13. The van der Waals surface area contributed by atoms with Gasteiger partial charge in [0.25, 0.3) is 0 Å². The molecule has 2 rings (SSSR count). The van der Waals surface area contributed by atoms with Crippen molar-refractivity contribution in [3.8, 4) is 0 Å². The Hall–Kier alpha value is -1.36. The van der Waals surface area contributed by atoms with Gasteiger partial charge in [-0.25, -0.2) is 0 Å². The minimum absolute atomic E-state index is 0.0421. The zero-order valence-corrected chi connectivity index (χ0v) is 10.5. The summed E-state index contributed by atoms with van der Waals surface area (Å²) in [7, 11) is 1.83. The number of nitrogens with zero attached hydrogens (tertiary/aromatic N) is 2. The lowest BCUT2D eigenvalue weighted by atomic mass is 9.85.